The third kappa shape index (κ3) is 6.08. The first-order valence-electron chi connectivity index (χ1n) is 11.6. The van der Waals surface area contributed by atoms with Crippen LogP contribution in [0.5, 0.6) is 5.75 Å². The molecule has 3 aromatic carbocycles. The summed E-state index contributed by atoms with van der Waals surface area (Å²) < 4.78 is 38.0. The maximum absolute atomic E-state index is 12.6. The summed E-state index contributed by atoms with van der Waals surface area (Å²) in [7, 11) is -3.63. The molecule has 4 aromatic rings. The molecule has 36 heavy (non-hydrogen) atoms. The minimum Gasteiger partial charge on any atom is -0.426 e. The number of carbonyl (C=O) groups is 1. The Morgan fingerprint density at radius 2 is 1.69 bits per heavy atom. The van der Waals surface area contributed by atoms with Crippen molar-refractivity contribution in [3.05, 3.63) is 105 Å². The van der Waals surface area contributed by atoms with Gasteiger partial charge >= 0.3 is 11.6 Å². The van der Waals surface area contributed by atoms with Gasteiger partial charge in [0.1, 0.15) is 11.3 Å². The largest absolute Gasteiger partial charge is 0.426 e. The molecule has 0 fully saturated rings. The monoisotopic (exact) mass is 505 g/mol. The van der Waals surface area contributed by atoms with Gasteiger partial charge in [-0.05, 0) is 55.7 Å². The Morgan fingerprint density at radius 1 is 0.972 bits per heavy atom. The maximum atomic E-state index is 12.6. The molecule has 0 aliphatic carbocycles. The Kier molecular flexibility index (Phi) is 7.67. The summed E-state index contributed by atoms with van der Waals surface area (Å²) >= 11 is 0. The van der Waals surface area contributed by atoms with Gasteiger partial charge in [-0.25, -0.2) is 17.9 Å². The second-order valence-electron chi connectivity index (χ2n) is 8.60. The average Bonchev–Trinajstić information content (AvgIpc) is 2.85. The summed E-state index contributed by atoms with van der Waals surface area (Å²) in [6.45, 7) is 3.85. The molecule has 186 valence electrons. The van der Waals surface area contributed by atoms with Crippen LogP contribution in [0.2, 0.25) is 0 Å². The lowest BCUT2D eigenvalue weighted by molar-refractivity contribution is -0.134. The summed E-state index contributed by atoms with van der Waals surface area (Å²) in [4.78, 5) is 25.1. The first kappa shape index (κ1) is 25.3. The highest BCUT2D eigenvalue weighted by Gasteiger charge is 2.15. The third-order valence-electron chi connectivity index (χ3n) is 5.90. The Bertz CT molecular complexity index is 1540. The van der Waals surface area contributed by atoms with Crippen LogP contribution in [0.25, 0.3) is 11.0 Å². The molecule has 0 aliphatic rings. The number of hydrogen-bond donors (Lipinski definition) is 1. The zero-order chi connectivity index (χ0) is 25.7. The van der Waals surface area contributed by atoms with Gasteiger partial charge in [-0.15, -0.1) is 0 Å². The van der Waals surface area contributed by atoms with Crippen LogP contribution >= 0.6 is 0 Å². The smallest absolute Gasteiger partial charge is 0.340 e. The molecule has 0 saturated heterocycles. The fourth-order valence-electron chi connectivity index (χ4n) is 3.86. The lowest BCUT2D eigenvalue weighted by Gasteiger charge is -2.10. The molecule has 1 heterocycles. The van der Waals surface area contributed by atoms with Crippen molar-refractivity contribution in [2.75, 3.05) is 6.54 Å². The van der Waals surface area contributed by atoms with Crippen LogP contribution in [0.15, 0.2) is 86.9 Å². The Balaban J connectivity index is 1.36. The number of ether oxygens (including phenoxy) is 1. The second kappa shape index (κ2) is 10.9. The molecule has 1 N–H and O–H groups in total. The molecule has 0 saturated carbocycles. The molecule has 0 amide bonds. The SMILES string of the molecule is Cc1ccc(S(=O)(=O)NCCCC(=O)Oc2ccc3c(C)c(Cc4ccccc4)c(=O)oc3c2)cc1. The lowest BCUT2D eigenvalue weighted by Crippen LogP contribution is -2.25. The van der Waals surface area contributed by atoms with Crippen LogP contribution in [-0.2, 0) is 21.2 Å². The summed E-state index contributed by atoms with van der Waals surface area (Å²) in [5.74, 6) is -0.255. The quantitative estimate of drug-likeness (QED) is 0.154. The van der Waals surface area contributed by atoms with Crippen LogP contribution in [-0.4, -0.2) is 20.9 Å². The van der Waals surface area contributed by atoms with Crippen LogP contribution in [0.4, 0.5) is 0 Å². The molecule has 0 spiro atoms. The predicted octanol–water partition coefficient (Wildman–Crippen LogP) is 4.66. The van der Waals surface area contributed by atoms with Crippen molar-refractivity contribution in [1.82, 2.24) is 4.72 Å². The Labute approximate surface area is 209 Å². The zero-order valence-electron chi connectivity index (χ0n) is 20.1. The van der Waals surface area contributed by atoms with Crippen LogP contribution < -0.4 is 15.1 Å². The van der Waals surface area contributed by atoms with Crippen molar-refractivity contribution < 1.29 is 22.4 Å². The number of sulfonamides is 1. The fraction of sp³-hybridized carbons (Fsp3) is 0.214. The highest BCUT2D eigenvalue weighted by atomic mass is 32.2. The van der Waals surface area contributed by atoms with Crippen molar-refractivity contribution in [1.29, 1.82) is 0 Å². The van der Waals surface area contributed by atoms with Gasteiger partial charge in [-0.1, -0.05) is 48.0 Å². The predicted molar refractivity (Wildman–Crippen MR) is 138 cm³/mol. The van der Waals surface area contributed by atoms with Gasteiger partial charge in [0.25, 0.3) is 0 Å². The molecule has 8 heteroatoms. The van der Waals surface area contributed by atoms with Gasteiger partial charge in [-0.2, -0.15) is 0 Å². The van der Waals surface area contributed by atoms with Crippen molar-refractivity contribution in [3.8, 4) is 5.75 Å². The topological polar surface area (TPSA) is 103 Å². The number of fused-ring (bicyclic) bond motifs is 1. The van der Waals surface area contributed by atoms with E-state index in [-0.39, 0.29) is 30.0 Å². The number of benzene rings is 3. The number of aryl methyl sites for hydroxylation is 2. The summed E-state index contributed by atoms with van der Waals surface area (Å²) in [5.41, 5.74) is 3.31. The molecule has 0 aliphatic heterocycles. The van der Waals surface area contributed by atoms with Gasteiger partial charge < -0.3 is 9.15 Å². The highest BCUT2D eigenvalue weighted by Crippen LogP contribution is 2.25. The lowest BCUT2D eigenvalue weighted by atomic mass is 10.00. The van der Waals surface area contributed by atoms with E-state index in [9.17, 15) is 18.0 Å². The zero-order valence-corrected chi connectivity index (χ0v) is 20.9. The van der Waals surface area contributed by atoms with Crippen molar-refractivity contribution >= 4 is 27.0 Å². The van der Waals surface area contributed by atoms with E-state index in [0.29, 0.717) is 17.6 Å². The molecule has 1 aromatic heterocycles. The molecule has 0 atom stereocenters. The molecule has 0 unspecified atom stereocenters. The Hall–Kier alpha value is -3.75. The van der Waals surface area contributed by atoms with E-state index < -0.39 is 21.6 Å². The van der Waals surface area contributed by atoms with Crippen molar-refractivity contribution in [3.63, 3.8) is 0 Å². The molecule has 0 radical (unpaired) electrons. The van der Waals surface area contributed by atoms with E-state index >= 15 is 0 Å². The summed E-state index contributed by atoms with van der Waals surface area (Å²) in [6, 6.07) is 21.1. The van der Waals surface area contributed by atoms with Gasteiger partial charge in [0.2, 0.25) is 10.0 Å². The molecule has 0 bridgehead atoms. The van der Waals surface area contributed by atoms with Crippen LogP contribution in [0.1, 0.15) is 35.1 Å². The highest BCUT2D eigenvalue weighted by molar-refractivity contribution is 7.89. The summed E-state index contributed by atoms with van der Waals surface area (Å²) in [5, 5.41) is 0.769. The molecule has 7 nitrogen and oxygen atoms in total. The Morgan fingerprint density at radius 3 is 2.42 bits per heavy atom. The minimum absolute atomic E-state index is 0.0213. The number of carbonyl (C=O) groups excluding carboxylic acids is 1. The number of esters is 1. The van der Waals surface area contributed by atoms with E-state index in [1.54, 1.807) is 24.3 Å². The number of hydrogen-bond acceptors (Lipinski definition) is 6. The van der Waals surface area contributed by atoms with E-state index in [2.05, 4.69) is 4.72 Å². The molecular weight excluding hydrogens is 478 g/mol. The van der Waals surface area contributed by atoms with Crippen LogP contribution in [0.3, 0.4) is 0 Å². The van der Waals surface area contributed by atoms with E-state index in [4.69, 9.17) is 9.15 Å². The number of rotatable bonds is 9. The van der Waals surface area contributed by atoms with E-state index in [0.717, 1.165) is 22.1 Å². The third-order valence-corrected chi connectivity index (χ3v) is 7.37. The number of nitrogens with one attached hydrogen (secondary N) is 1. The van der Waals surface area contributed by atoms with Crippen molar-refractivity contribution in [2.24, 2.45) is 0 Å². The minimum atomic E-state index is -3.63. The first-order chi connectivity index (χ1) is 17.2. The first-order valence-corrected chi connectivity index (χ1v) is 13.1. The van der Waals surface area contributed by atoms with E-state index in [1.165, 1.54) is 18.2 Å². The normalized spacial score (nSPS) is 11.5. The maximum Gasteiger partial charge on any atom is 0.340 e. The average molecular weight is 506 g/mol. The standard InChI is InChI=1S/C28H27NO6S/c1-19-10-13-23(14-11-19)36(32,33)29-16-6-9-27(30)34-22-12-15-24-20(2)25(28(31)35-26(24)18-22)17-21-7-4-3-5-8-21/h3-5,7-8,10-15,18,29H,6,9,16-17H2,1-2H3. The van der Waals surface area contributed by atoms with Gasteiger partial charge in [0.05, 0.1) is 4.90 Å². The van der Waals surface area contributed by atoms with Gasteiger partial charge in [-0.3, -0.25) is 4.79 Å². The van der Waals surface area contributed by atoms with Crippen molar-refractivity contribution in [2.45, 2.75) is 38.0 Å². The summed E-state index contributed by atoms with van der Waals surface area (Å²) in [6.07, 6.45) is 0.761. The molecule has 4 rings (SSSR count). The fourth-order valence-corrected chi connectivity index (χ4v) is 4.94. The second-order valence-corrected chi connectivity index (χ2v) is 10.4. The van der Waals surface area contributed by atoms with Crippen LogP contribution in [0, 0.1) is 13.8 Å². The van der Waals surface area contributed by atoms with E-state index in [1.807, 2.05) is 44.2 Å². The molecular formula is C28H27NO6S. The van der Waals surface area contributed by atoms with Gasteiger partial charge in [0, 0.05) is 36.4 Å². The van der Waals surface area contributed by atoms with Gasteiger partial charge in [0.15, 0.2) is 0 Å².